The standard InChI is InChI=1S/C27H22N2O4/c30-23-18-19-29(26(31)28-23)24-16-17-25(32-24)33-27(20-10-4-1-5-11-20,21-12-6-2-7-13-21)22-14-8-3-9-15-22/h1-19,24-25H,(H,28,30,31)/t24-,25-/m0/s1. The molecule has 2 atom stereocenters. The van der Waals surface area contributed by atoms with E-state index in [1.807, 2.05) is 91.0 Å². The van der Waals surface area contributed by atoms with E-state index in [0.717, 1.165) is 16.7 Å². The van der Waals surface area contributed by atoms with E-state index < -0.39 is 29.4 Å². The first-order chi connectivity index (χ1) is 16.2. The van der Waals surface area contributed by atoms with Gasteiger partial charge in [-0.1, -0.05) is 91.0 Å². The lowest BCUT2D eigenvalue weighted by molar-refractivity contribution is -0.180. The Bertz CT molecular complexity index is 1270. The van der Waals surface area contributed by atoms with Gasteiger partial charge in [-0.2, -0.15) is 0 Å². The summed E-state index contributed by atoms with van der Waals surface area (Å²) in [6, 6.07) is 31.2. The maximum atomic E-state index is 12.2. The molecule has 0 radical (unpaired) electrons. The molecule has 0 bridgehead atoms. The third-order valence-corrected chi connectivity index (χ3v) is 5.67. The highest BCUT2D eigenvalue weighted by molar-refractivity contribution is 5.47. The Morgan fingerprint density at radius 3 is 1.73 bits per heavy atom. The van der Waals surface area contributed by atoms with Crippen molar-refractivity contribution in [3.63, 3.8) is 0 Å². The van der Waals surface area contributed by atoms with E-state index >= 15 is 0 Å². The normalized spacial score (nSPS) is 17.8. The van der Waals surface area contributed by atoms with Crippen molar-refractivity contribution in [3.05, 3.63) is 153 Å². The molecule has 33 heavy (non-hydrogen) atoms. The predicted molar refractivity (Wildman–Crippen MR) is 125 cm³/mol. The predicted octanol–water partition coefficient (Wildman–Crippen LogP) is 3.96. The van der Waals surface area contributed by atoms with Crippen LogP contribution >= 0.6 is 0 Å². The maximum Gasteiger partial charge on any atom is 0.330 e. The largest absolute Gasteiger partial charge is 0.330 e. The van der Waals surface area contributed by atoms with Crippen LogP contribution in [0.4, 0.5) is 0 Å². The summed E-state index contributed by atoms with van der Waals surface area (Å²) in [6.45, 7) is 0. The second-order valence-electron chi connectivity index (χ2n) is 7.69. The minimum absolute atomic E-state index is 0.456. The molecule has 0 spiro atoms. The van der Waals surface area contributed by atoms with Crippen LogP contribution in [-0.2, 0) is 15.1 Å². The van der Waals surface area contributed by atoms with Gasteiger partial charge in [-0.05, 0) is 28.8 Å². The van der Waals surface area contributed by atoms with Gasteiger partial charge in [0, 0.05) is 12.3 Å². The van der Waals surface area contributed by atoms with Gasteiger partial charge < -0.3 is 9.47 Å². The fraction of sp³-hybridized carbons (Fsp3) is 0.111. The van der Waals surface area contributed by atoms with Crippen molar-refractivity contribution in [2.75, 3.05) is 0 Å². The van der Waals surface area contributed by atoms with Crippen molar-refractivity contribution >= 4 is 0 Å². The average molecular weight is 438 g/mol. The van der Waals surface area contributed by atoms with Gasteiger partial charge in [0.2, 0.25) is 0 Å². The maximum absolute atomic E-state index is 12.2. The topological polar surface area (TPSA) is 73.3 Å². The smallest absolute Gasteiger partial charge is 0.328 e. The van der Waals surface area contributed by atoms with Gasteiger partial charge in [0.1, 0.15) is 5.60 Å². The van der Waals surface area contributed by atoms with Crippen LogP contribution < -0.4 is 11.2 Å². The highest BCUT2D eigenvalue weighted by atomic mass is 16.7. The Kier molecular flexibility index (Phi) is 5.60. The number of H-pyrrole nitrogens is 1. The minimum atomic E-state index is -0.955. The molecule has 0 fully saturated rings. The van der Waals surface area contributed by atoms with E-state index in [-0.39, 0.29) is 0 Å². The SMILES string of the molecule is O=c1ccn([C@@H]2C=C[C@H](OC(c3ccccc3)(c3ccccc3)c3ccccc3)O2)c(=O)[nH]1. The van der Waals surface area contributed by atoms with Crippen molar-refractivity contribution in [3.8, 4) is 0 Å². The summed E-state index contributed by atoms with van der Waals surface area (Å²) in [5, 5.41) is 0. The van der Waals surface area contributed by atoms with Crippen molar-refractivity contribution in [1.29, 1.82) is 0 Å². The van der Waals surface area contributed by atoms with Crippen molar-refractivity contribution < 1.29 is 9.47 Å². The van der Waals surface area contributed by atoms with E-state index in [4.69, 9.17) is 9.47 Å². The lowest BCUT2D eigenvalue weighted by Crippen LogP contribution is -2.37. The van der Waals surface area contributed by atoms with Gasteiger partial charge in [0.25, 0.3) is 5.56 Å². The summed E-state index contributed by atoms with van der Waals surface area (Å²) in [7, 11) is 0. The zero-order chi connectivity index (χ0) is 22.7. The number of rotatable bonds is 6. The molecule has 5 rings (SSSR count). The summed E-state index contributed by atoms with van der Waals surface area (Å²) in [5.74, 6) is 0. The zero-order valence-corrected chi connectivity index (χ0v) is 17.7. The van der Waals surface area contributed by atoms with Crippen LogP contribution in [0.3, 0.4) is 0 Å². The molecular formula is C27H22N2O4. The first kappa shape index (κ1) is 20.9. The van der Waals surface area contributed by atoms with E-state index in [1.54, 1.807) is 12.2 Å². The Morgan fingerprint density at radius 2 is 1.24 bits per heavy atom. The summed E-state index contributed by atoms with van der Waals surface area (Å²) in [5.41, 5.74) is 0.890. The fourth-order valence-electron chi connectivity index (χ4n) is 4.16. The van der Waals surface area contributed by atoms with E-state index in [0.29, 0.717) is 0 Å². The van der Waals surface area contributed by atoms with Gasteiger partial charge in [-0.25, -0.2) is 4.79 Å². The van der Waals surface area contributed by atoms with Crippen molar-refractivity contribution in [2.45, 2.75) is 18.1 Å². The third kappa shape index (κ3) is 3.98. The van der Waals surface area contributed by atoms with Gasteiger partial charge in [0.05, 0.1) is 0 Å². The summed E-state index contributed by atoms with van der Waals surface area (Å²) < 4.78 is 14.2. The molecule has 4 aromatic rings. The Labute approximate surface area is 190 Å². The summed E-state index contributed by atoms with van der Waals surface area (Å²) in [4.78, 5) is 25.9. The van der Waals surface area contributed by atoms with Crippen LogP contribution in [-0.4, -0.2) is 15.8 Å². The number of aromatic nitrogens is 2. The van der Waals surface area contributed by atoms with Crippen LogP contribution in [0.5, 0.6) is 0 Å². The Hall–Kier alpha value is -4.00. The zero-order valence-electron chi connectivity index (χ0n) is 17.7. The van der Waals surface area contributed by atoms with Crippen LogP contribution in [0.15, 0.2) is 125 Å². The quantitative estimate of drug-likeness (QED) is 0.365. The molecule has 0 aliphatic carbocycles. The molecule has 0 saturated carbocycles. The molecule has 6 nitrogen and oxygen atoms in total. The average Bonchev–Trinajstić information content (AvgIpc) is 3.32. The Balaban J connectivity index is 1.58. The summed E-state index contributed by atoms with van der Waals surface area (Å²) in [6.07, 6.45) is 3.51. The van der Waals surface area contributed by atoms with Crippen LogP contribution in [0.1, 0.15) is 22.9 Å². The Morgan fingerprint density at radius 1 is 0.727 bits per heavy atom. The molecule has 1 aliphatic heterocycles. The third-order valence-electron chi connectivity index (χ3n) is 5.67. The number of hydrogen-bond donors (Lipinski definition) is 1. The lowest BCUT2D eigenvalue weighted by atomic mass is 9.80. The lowest BCUT2D eigenvalue weighted by Gasteiger charge is -2.37. The highest BCUT2D eigenvalue weighted by Gasteiger charge is 2.41. The van der Waals surface area contributed by atoms with Crippen LogP contribution in [0, 0.1) is 0 Å². The molecule has 6 heteroatoms. The van der Waals surface area contributed by atoms with Gasteiger partial charge in [-0.15, -0.1) is 0 Å². The number of nitrogens with zero attached hydrogens (tertiary/aromatic N) is 1. The van der Waals surface area contributed by atoms with Crippen molar-refractivity contribution in [1.82, 2.24) is 9.55 Å². The number of ether oxygens (including phenoxy) is 2. The second kappa shape index (κ2) is 8.86. The number of nitrogens with one attached hydrogen (secondary N) is 1. The molecule has 164 valence electrons. The van der Waals surface area contributed by atoms with Gasteiger partial charge in [0.15, 0.2) is 12.5 Å². The number of benzene rings is 3. The molecule has 1 aliphatic rings. The van der Waals surface area contributed by atoms with E-state index in [2.05, 4.69) is 4.98 Å². The van der Waals surface area contributed by atoms with Gasteiger partial charge >= 0.3 is 5.69 Å². The molecule has 0 unspecified atom stereocenters. The second-order valence-corrected chi connectivity index (χ2v) is 7.69. The van der Waals surface area contributed by atoms with Crippen molar-refractivity contribution in [2.24, 2.45) is 0 Å². The first-order valence-corrected chi connectivity index (χ1v) is 10.7. The number of aromatic amines is 1. The molecular weight excluding hydrogens is 416 g/mol. The fourth-order valence-corrected chi connectivity index (χ4v) is 4.16. The number of hydrogen-bond acceptors (Lipinski definition) is 4. The van der Waals surface area contributed by atoms with Gasteiger partial charge in [-0.3, -0.25) is 14.3 Å². The molecule has 3 aromatic carbocycles. The molecule has 2 heterocycles. The van der Waals surface area contributed by atoms with E-state index in [1.165, 1.54) is 16.8 Å². The highest BCUT2D eigenvalue weighted by Crippen LogP contribution is 2.42. The summed E-state index contributed by atoms with van der Waals surface area (Å²) >= 11 is 0. The monoisotopic (exact) mass is 438 g/mol. The first-order valence-electron chi connectivity index (χ1n) is 10.7. The molecule has 1 aromatic heterocycles. The molecule has 0 amide bonds. The molecule has 0 saturated heterocycles. The van der Waals surface area contributed by atoms with Crippen LogP contribution in [0.2, 0.25) is 0 Å². The molecule has 1 N–H and O–H groups in total. The minimum Gasteiger partial charge on any atom is -0.328 e. The van der Waals surface area contributed by atoms with Crippen LogP contribution in [0.25, 0.3) is 0 Å². The van der Waals surface area contributed by atoms with E-state index in [9.17, 15) is 9.59 Å².